The van der Waals surface area contributed by atoms with Gasteiger partial charge in [0.2, 0.25) is 11.8 Å². The Morgan fingerprint density at radius 3 is 2.74 bits per heavy atom. The van der Waals surface area contributed by atoms with Gasteiger partial charge in [0.1, 0.15) is 0 Å². The molecule has 0 aromatic carbocycles. The monoisotopic (exact) mass is 372 g/mol. The Morgan fingerprint density at radius 1 is 1.30 bits per heavy atom. The van der Waals surface area contributed by atoms with Crippen LogP contribution in [0.15, 0.2) is 29.0 Å². The lowest BCUT2D eigenvalue weighted by atomic mass is 10.1. The summed E-state index contributed by atoms with van der Waals surface area (Å²) in [5.74, 6) is 0.877. The Morgan fingerprint density at radius 2 is 2.07 bits per heavy atom. The third kappa shape index (κ3) is 4.68. The minimum atomic E-state index is -0.357. The van der Waals surface area contributed by atoms with Crippen LogP contribution in [0.3, 0.4) is 0 Å². The van der Waals surface area contributed by atoms with Gasteiger partial charge in [0.25, 0.3) is 5.91 Å². The Hall–Kier alpha value is -2.81. The number of pyridine rings is 1. The summed E-state index contributed by atoms with van der Waals surface area (Å²) >= 11 is 0. The molecule has 2 aromatic heterocycles. The number of amides is 2. The van der Waals surface area contributed by atoms with E-state index in [0.717, 1.165) is 0 Å². The topological polar surface area (TPSA) is 113 Å². The van der Waals surface area contributed by atoms with Gasteiger partial charge in [0, 0.05) is 43.5 Å². The second-order valence-electron chi connectivity index (χ2n) is 6.44. The average Bonchev–Trinajstić information content (AvgIpc) is 3.29. The van der Waals surface area contributed by atoms with E-state index in [1.165, 1.54) is 0 Å². The highest BCUT2D eigenvalue weighted by molar-refractivity contribution is 5.94. The van der Waals surface area contributed by atoms with E-state index in [4.69, 9.17) is 4.52 Å². The average molecular weight is 372 g/mol. The molecular formula is C18H24N6O3. The molecule has 2 atom stereocenters. The molecule has 9 heteroatoms. The van der Waals surface area contributed by atoms with Crippen molar-refractivity contribution in [2.75, 3.05) is 13.1 Å². The summed E-state index contributed by atoms with van der Waals surface area (Å²) in [5.41, 5.74) is 0.544. The van der Waals surface area contributed by atoms with E-state index in [1.54, 1.807) is 24.5 Å². The molecule has 0 spiro atoms. The molecule has 27 heavy (non-hydrogen) atoms. The number of carbonyl (C=O) groups excluding carboxylic acids is 2. The quantitative estimate of drug-likeness (QED) is 0.729. The van der Waals surface area contributed by atoms with Crippen molar-refractivity contribution in [2.45, 2.75) is 45.3 Å². The minimum Gasteiger partial charge on any atom is -0.355 e. The number of likely N-dealkylation sites (tertiary alicyclic amines) is 1. The summed E-state index contributed by atoms with van der Waals surface area (Å²) in [4.78, 5) is 35.1. The fourth-order valence-corrected chi connectivity index (χ4v) is 3.19. The van der Waals surface area contributed by atoms with Crippen molar-refractivity contribution in [1.82, 2.24) is 30.7 Å². The number of nitrogens with one attached hydrogen (secondary N) is 2. The summed E-state index contributed by atoms with van der Waals surface area (Å²) in [6.07, 6.45) is 4.37. The maximum atomic E-state index is 12.5. The van der Waals surface area contributed by atoms with Gasteiger partial charge in [-0.1, -0.05) is 12.1 Å². The van der Waals surface area contributed by atoms with E-state index in [2.05, 4.69) is 25.8 Å². The fraction of sp³-hybridized carbons (Fsp3) is 0.500. The lowest BCUT2D eigenvalue weighted by Gasteiger charge is -2.21. The molecule has 0 radical (unpaired) electrons. The highest BCUT2D eigenvalue weighted by Crippen LogP contribution is 2.21. The molecule has 2 amide bonds. The van der Waals surface area contributed by atoms with Crippen LogP contribution in [0.25, 0.3) is 0 Å². The molecule has 2 aromatic rings. The zero-order chi connectivity index (χ0) is 19.2. The van der Waals surface area contributed by atoms with Gasteiger partial charge >= 0.3 is 0 Å². The van der Waals surface area contributed by atoms with Crippen molar-refractivity contribution in [3.63, 3.8) is 0 Å². The second kappa shape index (κ2) is 8.72. The third-order valence-corrected chi connectivity index (χ3v) is 4.50. The van der Waals surface area contributed by atoms with E-state index in [1.807, 2.05) is 18.7 Å². The molecule has 9 nitrogen and oxygen atoms in total. The maximum Gasteiger partial charge on any atom is 0.251 e. The summed E-state index contributed by atoms with van der Waals surface area (Å²) < 4.78 is 5.26. The number of nitrogens with zero attached hydrogens (tertiary/aromatic N) is 4. The second-order valence-corrected chi connectivity index (χ2v) is 6.44. The van der Waals surface area contributed by atoms with E-state index in [0.29, 0.717) is 49.8 Å². The maximum absolute atomic E-state index is 12.5. The number of rotatable bonds is 7. The van der Waals surface area contributed by atoms with Crippen LogP contribution in [0.2, 0.25) is 0 Å². The van der Waals surface area contributed by atoms with Crippen LogP contribution in [0, 0.1) is 0 Å². The smallest absolute Gasteiger partial charge is 0.251 e. The molecule has 2 N–H and O–H groups in total. The van der Waals surface area contributed by atoms with Crippen LogP contribution in [-0.2, 0) is 17.8 Å². The number of hydrogen-bond donors (Lipinski definition) is 2. The molecule has 0 aliphatic carbocycles. The summed E-state index contributed by atoms with van der Waals surface area (Å²) in [5, 5.41) is 9.76. The first-order valence-corrected chi connectivity index (χ1v) is 9.14. The number of aryl methyl sites for hydroxylation is 1. The van der Waals surface area contributed by atoms with Crippen LogP contribution < -0.4 is 10.6 Å². The van der Waals surface area contributed by atoms with Crippen LogP contribution in [0.4, 0.5) is 0 Å². The SMILES string of the molecule is CCNC(=O)[C@@H]1C[C@H](NC(=O)c2ccncc2)CN1Cc1nc(CC)no1. The van der Waals surface area contributed by atoms with Crippen LogP contribution in [0.1, 0.15) is 42.3 Å². The molecule has 0 unspecified atom stereocenters. The lowest BCUT2D eigenvalue weighted by Crippen LogP contribution is -2.42. The minimum absolute atomic E-state index is 0.0617. The standard InChI is InChI=1S/C18H24N6O3/c1-3-15-22-16(27-23-15)11-24-10-13(9-14(24)18(26)20-4-2)21-17(25)12-5-7-19-8-6-12/h5-8,13-14H,3-4,9-11H2,1-2H3,(H,20,26)(H,21,25)/t13-,14-/m0/s1. The van der Waals surface area contributed by atoms with Crippen molar-refractivity contribution in [3.05, 3.63) is 41.8 Å². The van der Waals surface area contributed by atoms with E-state index >= 15 is 0 Å². The molecule has 144 valence electrons. The van der Waals surface area contributed by atoms with Crippen molar-refractivity contribution in [1.29, 1.82) is 0 Å². The number of aromatic nitrogens is 3. The molecule has 1 saturated heterocycles. The zero-order valence-corrected chi connectivity index (χ0v) is 15.5. The van der Waals surface area contributed by atoms with Crippen LogP contribution >= 0.6 is 0 Å². The molecule has 1 aliphatic heterocycles. The highest BCUT2D eigenvalue weighted by Gasteiger charge is 2.38. The normalized spacial score (nSPS) is 19.8. The molecular weight excluding hydrogens is 348 g/mol. The number of likely N-dealkylation sites (N-methyl/N-ethyl adjacent to an activating group) is 1. The van der Waals surface area contributed by atoms with Crippen molar-refractivity contribution in [3.8, 4) is 0 Å². The fourth-order valence-electron chi connectivity index (χ4n) is 3.19. The van der Waals surface area contributed by atoms with Gasteiger partial charge < -0.3 is 15.2 Å². The lowest BCUT2D eigenvalue weighted by molar-refractivity contribution is -0.125. The first kappa shape index (κ1) is 19.0. The summed E-state index contributed by atoms with van der Waals surface area (Å²) in [6.45, 7) is 5.29. The van der Waals surface area contributed by atoms with Gasteiger partial charge in [0.05, 0.1) is 12.6 Å². The van der Waals surface area contributed by atoms with Gasteiger partial charge in [-0.3, -0.25) is 19.5 Å². The van der Waals surface area contributed by atoms with E-state index in [9.17, 15) is 9.59 Å². The third-order valence-electron chi connectivity index (χ3n) is 4.50. The Kier molecular flexibility index (Phi) is 6.12. The predicted molar refractivity (Wildman–Crippen MR) is 96.7 cm³/mol. The molecule has 0 bridgehead atoms. The van der Waals surface area contributed by atoms with Gasteiger partial charge in [0.15, 0.2) is 5.82 Å². The van der Waals surface area contributed by atoms with Gasteiger partial charge in [-0.05, 0) is 25.5 Å². The van der Waals surface area contributed by atoms with Crippen LogP contribution in [0.5, 0.6) is 0 Å². The van der Waals surface area contributed by atoms with Crippen molar-refractivity contribution in [2.24, 2.45) is 0 Å². The predicted octanol–water partition coefficient (Wildman–Crippen LogP) is 0.536. The van der Waals surface area contributed by atoms with Crippen LogP contribution in [-0.4, -0.2) is 57.0 Å². The number of carbonyl (C=O) groups is 2. The first-order chi connectivity index (χ1) is 13.1. The molecule has 3 heterocycles. The first-order valence-electron chi connectivity index (χ1n) is 9.14. The van der Waals surface area contributed by atoms with Gasteiger partial charge in [-0.15, -0.1) is 0 Å². The zero-order valence-electron chi connectivity index (χ0n) is 15.5. The molecule has 1 aliphatic rings. The van der Waals surface area contributed by atoms with Crippen molar-refractivity contribution >= 4 is 11.8 Å². The van der Waals surface area contributed by atoms with Gasteiger partial charge in [-0.25, -0.2) is 0 Å². The number of hydrogen-bond acceptors (Lipinski definition) is 7. The molecule has 1 fully saturated rings. The van der Waals surface area contributed by atoms with E-state index < -0.39 is 0 Å². The molecule has 0 saturated carbocycles. The Labute approximate surface area is 157 Å². The van der Waals surface area contributed by atoms with Gasteiger partial charge in [-0.2, -0.15) is 4.98 Å². The van der Waals surface area contributed by atoms with E-state index in [-0.39, 0.29) is 23.9 Å². The largest absolute Gasteiger partial charge is 0.355 e. The summed E-state index contributed by atoms with van der Waals surface area (Å²) in [7, 11) is 0. The highest BCUT2D eigenvalue weighted by atomic mass is 16.5. The molecule has 3 rings (SSSR count). The Bertz CT molecular complexity index is 778. The van der Waals surface area contributed by atoms with Crippen molar-refractivity contribution < 1.29 is 14.1 Å². The Balaban J connectivity index is 1.68. The summed E-state index contributed by atoms with van der Waals surface area (Å²) in [6, 6.07) is 2.82.